The first-order valence-corrected chi connectivity index (χ1v) is 30.0. The monoisotopic (exact) mass is 1050 g/mol. The van der Waals surface area contributed by atoms with Crippen molar-refractivity contribution < 1.29 is 9.47 Å². The number of anilines is 9. The van der Waals surface area contributed by atoms with Gasteiger partial charge in [0.15, 0.2) is 23.0 Å². The van der Waals surface area contributed by atoms with Crippen LogP contribution >= 0.6 is 10.0 Å². The van der Waals surface area contributed by atoms with Gasteiger partial charge in [0.25, 0.3) is 0 Å². The van der Waals surface area contributed by atoms with Crippen molar-refractivity contribution in [3.8, 4) is 45.3 Å². The fraction of sp³-hybridized carbons (Fsp3) is 0.0400. The minimum atomic E-state index is -2.08. The predicted molar refractivity (Wildman–Crippen MR) is 327 cm³/mol. The van der Waals surface area contributed by atoms with Crippen LogP contribution < -0.4 is 24.2 Å². The summed E-state index contributed by atoms with van der Waals surface area (Å²) in [5.74, 6) is 3.28. The Morgan fingerprint density at radius 2 is 0.642 bits per heavy atom. The van der Waals surface area contributed by atoms with Gasteiger partial charge in [-0.05, 0) is 146 Å². The molecule has 2 aliphatic carbocycles. The molecule has 12 aromatic carbocycles. The molecule has 0 amide bonds. The maximum atomic E-state index is 7.08. The maximum absolute atomic E-state index is 7.08. The molecule has 7 aliphatic rings. The summed E-state index contributed by atoms with van der Waals surface area (Å²) in [6, 6.07) is 99.6. The second kappa shape index (κ2) is 15.4. The van der Waals surface area contributed by atoms with E-state index in [9.17, 15) is 0 Å². The van der Waals surface area contributed by atoms with Crippen LogP contribution in [0.15, 0.2) is 282 Å². The number of fused-ring (bicyclic) bond motifs is 6. The SMILES string of the molecule is CS12c3c4cccc3N(c3ccc5c(c3)C(c3ccccc3)(c3ccccc3)c3ccccc3-5)c3ccc5c(c31)N1c3c(cccc3O5)Oc3ccc(c2c31)N4c1ccc2c(c1)C(c1ccccc1)(c1ccccc1)c1ccccc1-2. The van der Waals surface area contributed by atoms with Crippen molar-refractivity contribution in [3.63, 3.8) is 0 Å². The summed E-state index contributed by atoms with van der Waals surface area (Å²) >= 11 is 0. The van der Waals surface area contributed by atoms with E-state index in [4.69, 9.17) is 9.47 Å². The van der Waals surface area contributed by atoms with E-state index in [1.165, 1.54) is 92.8 Å². The molecule has 5 aliphatic heterocycles. The van der Waals surface area contributed by atoms with E-state index < -0.39 is 20.9 Å². The minimum absolute atomic E-state index is 0.578. The summed E-state index contributed by atoms with van der Waals surface area (Å²) in [6.07, 6.45) is 2.56. The van der Waals surface area contributed by atoms with Gasteiger partial charge < -0.3 is 19.3 Å². The van der Waals surface area contributed by atoms with Crippen LogP contribution in [0.2, 0.25) is 0 Å². The van der Waals surface area contributed by atoms with E-state index in [-0.39, 0.29) is 0 Å². The lowest BCUT2D eigenvalue weighted by Crippen LogP contribution is -2.34. The number of nitrogens with zero attached hydrogens (tertiary/aromatic N) is 3. The molecule has 0 N–H and O–H groups in total. The molecule has 5 nitrogen and oxygen atoms in total. The third kappa shape index (κ3) is 5.18. The topological polar surface area (TPSA) is 28.2 Å². The second-order valence-corrected chi connectivity index (χ2v) is 25.5. The van der Waals surface area contributed by atoms with Crippen LogP contribution in [0, 0.1) is 0 Å². The third-order valence-corrected chi connectivity index (χ3v) is 22.5. The molecule has 12 aromatic rings. The van der Waals surface area contributed by atoms with Crippen molar-refractivity contribution in [1.29, 1.82) is 0 Å². The molecule has 81 heavy (non-hydrogen) atoms. The Morgan fingerprint density at radius 3 is 1.07 bits per heavy atom. The molecule has 0 saturated heterocycles. The normalized spacial score (nSPS) is 16.3. The fourth-order valence-electron chi connectivity index (χ4n) is 15.8. The average Bonchev–Trinajstić information content (AvgIpc) is 1.91. The van der Waals surface area contributed by atoms with E-state index in [0.29, 0.717) is 0 Å². The van der Waals surface area contributed by atoms with Gasteiger partial charge in [-0.2, -0.15) is 10.0 Å². The molecule has 0 fully saturated rings. The van der Waals surface area contributed by atoms with Crippen molar-refractivity contribution in [2.75, 3.05) is 21.0 Å². The highest BCUT2D eigenvalue weighted by Crippen LogP contribution is 2.87. The minimum Gasteiger partial charge on any atom is -0.453 e. The number of ether oxygens (including phenoxy) is 2. The summed E-state index contributed by atoms with van der Waals surface area (Å²) in [4.78, 5) is 11.6. The molecule has 0 aromatic heterocycles. The van der Waals surface area contributed by atoms with Gasteiger partial charge in [-0.3, -0.25) is 4.90 Å². The Kier molecular flexibility index (Phi) is 8.36. The number of para-hydroxylation sites is 1. The number of hydrogen-bond acceptors (Lipinski definition) is 5. The first kappa shape index (κ1) is 43.9. The first-order chi connectivity index (χ1) is 40.1. The maximum Gasteiger partial charge on any atom is 0.155 e. The van der Waals surface area contributed by atoms with Crippen LogP contribution in [0.4, 0.5) is 51.2 Å². The van der Waals surface area contributed by atoms with E-state index in [0.717, 1.165) is 62.8 Å². The average molecular weight is 1050 g/mol. The Bertz CT molecular complexity index is 4390. The summed E-state index contributed by atoms with van der Waals surface area (Å²) in [6.45, 7) is 0. The quantitative estimate of drug-likeness (QED) is 0.165. The molecule has 0 radical (unpaired) electrons. The summed E-state index contributed by atoms with van der Waals surface area (Å²) in [5.41, 5.74) is 24.0. The molecule has 0 spiro atoms. The standard InChI is InChI=1S/C75H47N3O2S/c1-81-71-60-32-18-33-61(71)77(51-37-39-55-53-29-15-17-31-57(53)75(59(55)45-51,48-24-10-4-11-25-48)49-26-12-5-13-27-49)63-41-43-67-70(73(63)81)78-68-64(34-19-35-65(68)80-67)79-66-42-40-62(72(81)69(66)78)76(60)50-36-38-54-52-28-14-16-30-56(52)74(58(54)44-50,46-20-6-2-7-21-46)47-22-8-3-9-23-47/h2-45H,1H3. The van der Waals surface area contributed by atoms with E-state index in [2.05, 4.69) is 282 Å². The summed E-state index contributed by atoms with van der Waals surface area (Å²) < 4.78 is 14.2. The third-order valence-electron chi connectivity index (χ3n) is 18.8. The zero-order chi connectivity index (χ0) is 52.9. The molecular weight excluding hydrogens is 1010 g/mol. The molecule has 6 heteroatoms. The molecule has 0 atom stereocenters. The van der Waals surface area contributed by atoms with Crippen LogP contribution in [0.5, 0.6) is 23.0 Å². The Morgan fingerprint density at radius 1 is 0.284 bits per heavy atom. The van der Waals surface area contributed by atoms with E-state index in [1.807, 2.05) is 6.07 Å². The smallest absolute Gasteiger partial charge is 0.155 e. The van der Waals surface area contributed by atoms with Crippen LogP contribution in [0.3, 0.4) is 0 Å². The van der Waals surface area contributed by atoms with E-state index in [1.54, 1.807) is 0 Å². The van der Waals surface area contributed by atoms with Crippen LogP contribution in [0.1, 0.15) is 44.5 Å². The van der Waals surface area contributed by atoms with Crippen molar-refractivity contribution >= 4 is 61.2 Å². The highest BCUT2D eigenvalue weighted by Gasteiger charge is 2.57. The van der Waals surface area contributed by atoms with E-state index >= 15 is 0 Å². The lowest BCUT2D eigenvalue weighted by molar-refractivity contribution is 0.442. The predicted octanol–water partition coefficient (Wildman–Crippen LogP) is 19.9. The van der Waals surface area contributed by atoms with Crippen molar-refractivity contribution in [2.45, 2.75) is 25.5 Å². The largest absolute Gasteiger partial charge is 0.453 e. The molecule has 5 heterocycles. The Labute approximate surface area is 471 Å². The molecule has 380 valence electrons. The summed E-state index contributed by atoms with van der Waals surface area (Å²) in [7, 11) is -2.08. The lowest BCUT2D eigenvalue weighted by Gasteiger charge is -2.58. The Hall–Kier alpha value is -10.0. The molecule has 0 unspecified atom stereocenters. The van der Waals surface area contributed by atoms with Gasteiger partial charge in [0.1, 0.15) is 17.1 Å². The first-order valence-electron chi connectivity index (χ1n) is 27.9. The van der Waals surface area contributed by atoms with Gasteiger partial charge in [0.2, 0.25) is 0 Å². The highest BCUT2D eigenvalue weighted by atomic mass is 32.3. The van der Waals surface area contributed by atoms with Crippen molar-refractivity contribution in [2.24, 2.45) is 0 Å². The van der Waals surface area contributed by atoms with Crippen LogP contribution in [0.25, 0.3) is 22.3 Å². The number of hydrogen-bond donors (Lipinski definition) is 0. The van der Waals surface area contributed by atoms with Crippen molar-refractivity contribution in [3.05, 3.63) is 311 Å². The Balaban J connectivity index is 0.909. The molecule has 0 saturated carbocycles. The zero-order valence-electron chi connectivity index (χ0n) is 44.0. The lowest BCUT2D eigenvalue weighted by atomic mass is 9.67. The summed E-state index contributed by atoms with van der Waals surface area (Å²) in [5, 5.41) is 0. The van der Waals surface area contributed by atoms with Gasteiger partial charge in [0.05, 0.1) is 43.4 Å². The fourth-order valence-corrected chi connectivity index (χ4v) is 19.9. The van der Waals surface area contributed by atoms with Gasteiger partial charge in [-0.1, -0.05) is 194 Å². The van der Waals surface area contributed by atoms with Gasteiger partial charge in [-0.25, -0.2) is 0 Å². The van der Waals surface area contributed by atoms with Crippen LogP contribution in [-0.4, -0.2) is 6.26 Å². The van der Waals surface area contributed by atoms with Crippen molar-refractivity contribution in [1.82, 2.24) is 0 Å². The van der Waals surface area contributed by atoms with Gasteiger partial charge in [0, 0.05) is 16.3 Å². The van der Waals surface area contributed by atoms with Crippen LogP contribution in [-0.2, 0) is 10.8 Å². The zero-order valence-corrected chi connectivity index (χ0v) is 44.8. The second-order valence-electron chi connectivity index (χ2n) is 22.4. The number of benzene rings is 12. The number of rotatable bonds is 6. The van der Waals surface area contributed by atoms with Gasteiger partial charge >= 0.3 is 0 Å². The molecule has 19 rings (SSSR count). The molecule has 0 bridgehead atoms. The molecular formula is C75H47N3O2S. The highest BCUT2D eigenvalue weighted by molar-refractivity contribution is 8.34. The van der Waals surface area contributed by atoms with Gasteiger partial charge in [-0.15, -0.1) is 0 Å².